The van der Waals surface area contributed by atoms with Gasteiger partial charge in [-0.3, -0.25) is 4.79 Å². The van der Waals surface area contributed by atoms with E-state index in [4.69, 9.17) is 4.74 Å². The SMILES string of the molecule is O=C(OC1C2CC3CC(C2)CC1C3)C12CC3CC(CC(C3)C1)C2. The first-order valence-corrected chi connectivity index (χ1v) is 10.4. The van der Waals surface area contributed by atoms with E-state index in [1.54, 1.807) is 0 Å². The molecule has 8 aliphatic carbocycles. The summed E-state index contributed by atoms with van der Waals surface area (Å²) >= 11 is 0. The molecule has 0 radical (unpaired) electrons. The number of carbonyl (C=O) groups is 1. The number of esters is 1. The van der Waals surface area contributed by atoms with E-state index < -0.39 is 0 Å². The van der Waals surface area contributed by atoms with E-state index in [0.29, 0.717) is 17.9 Å². The van der Waals surface area contributed by atoms with Crippen molar-refractivity contribution in [2.24, 2.45) is 46.8 Å². The molecular formula is C21H30O2. The van der Waals surface area contributed by atoms with Crippen LogP contribution in [0.1, 0.15) is 70.6 Å². The lowest BCUT2D eigenvalue weighted by Gasteiger charge is -2.57. The Bertz CT molecular complexity index is 473. The third kappa shape index (κ3) is 1.96. The second-order valence-corrected chi connectivity index (χ2v) is 10.5. The Kier molecular flexibility index (Phi) is 2.71. The maximum Gasteiger partial charge on any atom is 0.312 e. The topological polar surface area (TPSA) is 26.3 Å². The normalized spacial score (nSPS) is 58.6. The zero-order valence-electron chi connectivity index (χ0n) is 14.2. The quantitative estimate of drug-likeness (QED) is 0.698. The number of carbonyl (C=O) groups excluding carboxylic acids is 1. The number of hydrogen-bond donors (Lipinski definition) is 0. The van der Waals surface area contributed by atoms with Crippen molar-refractivity contribution in [3.63, 3.8) is 0 Å². The lowest BCUT2D eigenvalue weighted by molar-refractivity contribution is -0.194. The second-order valence-electron chi connectivity index (χ2n) is 10.5. The Morgan fingerprint density at radius 2 is 1.09 bits per heavy atom. The summed E-state index contributed by atoms with van der Waals surface area (Å²) in [7, 11) is 0. The van der Waals surface area contributed by atoms with E-state index >= 15 is 0 Å². The van der Waals surface area contributed by atoms with Gasteiger partial charge in [0.1, 0.15) is 6.10 Å². The predicted octanol–water partition coefficient (Wildman–Crippen LogP) is 4.57. The summed E-state index contributed by atoms with van der Waals surface area (Å²) in [6.07, 6.45) is 14.9. The molecule has 0 spiro atoms. The van der Waals surface area contributed by atoms with Crippen molar-refractivity contribution >= 4 is 5.97 Å². The Morgan fingerprint density at radius 3 is 1.57 bits per heavy atom. The van der Waals surface area contributed by atoms with Crippen molar-refractivity contribution in [2.75, 3.05) is 0 Å². The lowest BCUT2D eigenvalue weighted by Crippen LogP contribution is -2.54. The monoisotopic (exact) mass is 314 g/mol. The Morgan fingerprint density at radius 1 is 0.652 bits per heavy atom. The van der Waals surface area contributed by atoms with Gasteiger partial charge >= 0.3 is 5.97 Å². The first kappa shape index (κ1) is 13.7. The van der Waals surface area contributed by atoms with Crippen LogP contribution in [0.4, 0.5) is 0 Å². The average molecular weight is 314 g/mol. The third-order valence-electron chi connectivity index (χ3n) is 8.85. The molecule has 8 saturated carbocycles. The van der Waals surface area contributed by atoms with Gasteiger partial charge in [-0.2, -0.15) is 0 Å². The molecule has 0 atom stereocenters. The van der Waals surface area contributed by atoms with Crippen molar-refractivity contribution < 1.29 is 9.53 Å². The highest BCUT2D eigenvalue weighted by Crippen LogP contribution is 2.61. The molecule has 8 aliphatic rings. The predicted molar refractivity (Wildman–Crippen MR) is 87.5 cm³/mol. The van der Waals surface area contributed by atoms with Crippen LogP contribution in [0.2, 0.25) is 0 Å². The number of rotatable bonds is 2. The summed E-state index contributed by atoms with van der Waals surface area (Å²) in [5.41, 5.74) is -0.0522. The minimum atomic E-state index is -0.0522. The summed E-state index contributed by atoms with van der Waals surface area (Å²) in [4.78, 5) is 13.3. The molecule has 8 rings (SSSR count). The van der Waals surface area contributed by atoms with Gasteiger partial charge in [0.05, 0.1) is 5.41 Å². The van der Waals surface area contributed by atoms with Crippen molar-refractivity contribution in [2.45, 2.75) is 76.7 Å². The molecule has 0 heterocycles. The summed E-state index contributed by atoms with van der Waals surface area (Å²) < 4.78 is 6.37. The molecule has 0 amide bonds. The fourth-order valence-electron chi connectivity index (χ4n) is 8.68. The first-order chi connectivity index (χ1) is 11.2. The van der Waals surface area contributed by atoms with Gasteiger partial charge in [0, 0.05) is 0 Å². The molecule has 8 fully saturated rings. The van der Waals surface area contributed by atoms with E-state index in [2.05, 4.69) is 0 Å². The maximum absolute atomic E-state index is 13.3. The zero-order chi connectivity index (χ0) is 15.2. The molecule has 0 N–H and O–H groups in total. The molecule has 23 heavy (non-hydrogen) atoms. The molecule has 2 heteroatoms. The van der Waals surface area contributed by atoms with E-state index in [1.165, 1.54) is 51.4 Å². The van der Waals surface area contributed by atoms with Crippen LogP contribution in [0.3, 0.4) is 0 Å². The van der Waals surface area contributed by atoms with Crippen LogP contribution in [0, 0.1) is 46.8 Å². The number of hydrogen-bond acceptors (Lipinski definition) is 2. The van der Waals surface area contributed by atoms with Gasteiger partial charge in [-0.25, -0.2) is 0 Å². The van der Waals surface area contributed by atoms with E-state index in [1.807, 2.05) is 0 Å². The van der Waals surface area contributed by atoms with Crippen LogP contribution in [0.25, 0.3) is 0 Å². The van der Waals surface area contributed by atoms with Crippen molar-refractivity contribution in [3.05, 3.63) is 0 Å². The van der Waals surface area contributed by atoms with Gasteiger partial charge in [0.2, 0.25) is 0 Å². The van der Waals surface area contributed by atoms with Crippen molar-refractivity contribution in [1.82, 2.24) is 0 Å². The highest BCUT2D eigenvalue weighted by molar-refractivity contribution is 5.77. The molecule has 0 aromatic heterocycles. The van der Waals surface area contributed by atoms with Crippen molar-refractivity contribution in [1.29, 1.82) is 0 Å². The molecule has 0 unspecified atom stereocenters. The molecule has 0 saturated heterocycles. The zero-order valence-corrected chi connectivity index (χ0v) is 14.2. The van der Waals surface area contributed by atoms with Gasteiger partial charge in [0.25, 0.3) is 0 Å². The van der Waals surface area contributed by atoms with Gasteiger partial charge in [-0.05, 0) is 112 Å². The second kappa shape index (κ2) is 4.55. The van der Waals surface area contributed by atoms with Gasteiger partial charge in [-0.1, -0.05) is 0 Å². The molecule has 8 bridgehead atoms. The number of ether oxygens (including phenoxy) is 1. The standard InChI is InChI=1S/C21H30O2/c22-20(21-9-14-2-15(10-21)4-16(3-14)11-21)23-19-17-5-12-1-13(7-17)8-18(19)6-12/h12-19H,1-11H2. The molecule has 2 nitrogen and oxygen atoms in total. The molecule has 0 aromatic rings. The minimum absolute atomic E-state index is 0.0522. The van der Waals surface area contributed by atoms with Crippen LogP contribution >= 0.6 is 0 Å². The lowest BCUT2D eigenvalue weighted by atomic mass is 9.49. The van der Waals surface area contributed by atoms with Crippen LogP contribution in [0.5, 0.6) is 0 Å². The highest BCUT2D eigenvalue weighted by Gasteiger charge is 2.57. The van der Waals surface area contributed by atoms with Crippen molar-refractivity contribution in [3.8, 4) is 0 Å². The van der Waals surface area contributed by atoms with Crippen LogP contribution in [-0.4, -0.2) is 12.1 Å². The maximum atomic E-state index is 13.3. The van der Waals surface area contributed by atoms with Gasteiger partial charge in [-0.15, -0.1) is 0 Å². The summed E-state index contributed by atoms with van der Waals surface area (Å²) in [6.45, 7) is 0. The highest BCUT2D eigenvalue weighted by atomic mass is 16.5. The van der Waals surface area contributed by atoms with Gasteiger partial charge in [0.15, 0.2) is 0 Å². The van der Waals surface area contributed by atoms with Crippen LogP contribution in [-0.2, 0) is 9.53 Å². The van der Waals surface area contributed by atoms with Crippen LogP contribution < -0.4 is 0 Å². The van der Waals surface area contributed by atoms with E-state index in [9.17, 15) is 4.79 Å². The summed E-state index contributed by atoms with van der Waals surface area (Å²) in [6, 6.07) is 0. The average Bonchev–Trinajstić information content (AvgIpc) is 2.48. The molecule has 0 aliphatic heterocycles. The smallest absolute Gasteiger partial charge is 0.312 e. The first-order valence-electron chi connectivity index (χ1n) is 10.4. The Balaban J connectivity index is 1.23. The summed E-state index contributed by atoms with van der Waals surface area (Å²) in [5.74, 6) is 6.12. The Hall–Kier alpha value is -0.530. The van der Waals surface area contributed by atoms with Crippen LogP contribution in [0.15, 0.2) is 0 Å². The largest absolute Gasteiger partial charge is 0.461 e. The summed E-state index contributed by atoms with van der Waals surface area (Å²) in [5, 5.41) is 0. The van der Waals surface area contributed by atoms with E-state index in [-0.39, 0.29) is 11.4 Å². The fourth-order valence-corrected chi connectivity index (χ4v) is 8.68. The molecule has 126 valence electrons. The minimum Gasteiger partial charge on any atom is -0.461 e. The molecular weight excluding hydrogens is 284 g/mol. The van der Waals surface area contributed by atoms with Gasteiger partial charge < -0.3 is 4.74 Å². The third-order valence-corrected chi connectivity index (χ3v) is 8.85. The van der Waals surface area contributed by atoms with E-state index in [0.717, 1.165) is 48.9 Å². The molecule has 0 aromatic carbocycles. The fraction of sp³-hybridized carbons (Fsp3) is 0.952. The Labute approximate surface area is 139 Å².